The number of ether oxygens (including phenoxy) is 8. The summed E-state index contributed by atoms with van der Waals surface area (Å²) in [6.45, 7) is 20.4. The Bertz CT molecular complexity index is 1760. The summed E-state index contributed by atoms with van der Waals surface area (Å²) in [5, 5.41) is 13.9. The maximum Gasteiger partial charge on any atom is 0.239 e. The van der Waals surface area contributed by atoms with Crippen LogP contribution < -0.4 is 14.4 Å². The Morgan fingerprint density at radius 2 is 1.07 bits per heavy atom. The molecule has 3 aromatic carbocycles. The molecule has 5 rings (SSSR count). The summed E-state index contributed by atoms with van der Waals surface area (Å²) >= 11 is 0. The Balaban J connectivity index is 1.83. The molecule has 2 heterocycles. The SMILES string of the molecule is COCOc1ccc(C2OCC(C)(C)CO2)cc1C(O)(c1cccc(N(C(=O)C(C)(C)C)C(=O)C(C)(C)C)c1)c1cc(C2OCC(C)(C)CO2)ccc1OCOC. The van der Waals surface area contributed by atoms with Crippen LogP contribution in [0.5, 0.6) is 11.5 Å². The number of hydrogen-bond donors (Lipinski definition) is 1. The van der Waals surface area contributed by atoms with Crippen LogP contribution in [-0.4, -0.2) is 71.2 Å². The number of amides is 2. The molecule has 2 saturated heterocycles. The number of rotatable bonds is 12. The van der Waals surface area contributed by atoms with E-state index in [0.717, 1.165) is 0 Å². The third kappa shape index (κ3) is 10.1. The van der Waals surface area contributed by atoms with Crippen molar-refractivity contribution in [2.75, 3.05) is 59.1 Å². The molecule has 0 unspecified atom stereocenters. The quantitative estimate of drug-likeness (QED) is 0.141. The van der Waals surface area contributed by atoms with Gasteiger partial charge in [0.1, 0.15) is 17.1 Å². The summed E-state index contributed by atoms with van der Waals surface area (Å²) < 4.78 is 47.9. The number of hydrogen-bond acceptors (Lipinski definition) is 11. The zero-order valence-electron chi connectivity index (χ0n) is 35.6. The van der Waals surface area contributed by atoms with Crippen molar-refractivity contribution in [2.45, 2.75) is 87.4 Å². The Kier molecular flexibility index (Phi) is 13.3. The Hall–Kier alpha value is -3.88. The summed E-state index contributed by atoms with van der Waals surface area (Å²) in [6, 6.07) is 17.5. The number of nitrogens with zero attached hydrogens (tertiary/aromatic N) is 1. The fraction of sp³-hybridized carbons (Fsp3) is 0.556. The molecule has 3 aromatic rings. The van der Waals surface area contributed by atoms with Crippen LogP contribution in [-0.2, 0) is 43.6 Å². The van der Waals surface area contributed by atoms with Crippen LogP contribution in [0.4, 0.5) is 5.69 Å². The number of anilines is 1. The number of benzene rings is 3. The predicted molar refractivity (Wildman–Crippen MR) is 215 cm³/mol. The number of carbonyl (C=O) groups excluding carboxylic acids is 2. The van der Waals surface area contributed by atoms with Gasteiger partial charge in [-0.25, -0.2) is 4.90 Å². The highest BCUT2D eigenvalue weighted by Crippen LogP contribution is 2.48. The molecule has 2 amide bonds. The molecule has 57 heavy (non-hydrogen) atoms. The molecule has 0 saturated carbocycles. The number of carbonyl (C=O) groups is 2. The molecule has 12 heteroatoms. The second-order valence-electron chi connectivity index (χ2n) is 18.6. The minimum Gasteiger partial charge on any atom is -0.467 e. The Morgan fingerprint density at radius 3 is 1.44 bits per heavy atom. The fourth-order valence-corrected chi connectivity index (χ4v) is 6.54. The van der Waals surface area contributed by atoms with E-state index in [1.165, 1.54) is 19.1 Å². The van der Waals surface area contributed by atoms with Gasteiger partial charge in [-0.05, 0) is 42.0 Å². The average Bonchev–Trinajstić information content (AvgIpc) is 3.15. The lowest BCUT2D eigenvalue weighted by molar-refractivity contribution is -0.226. The van der Waals surface area contributed by atoms with Gasteiger partial charge in [0.25, 0.3) is 0 Å². The Labute approximate surface area is 337 Å². The van der Waals surface area contributed by atoms with Crippen LogP contribution in [0.3, 0.4) is 0 Å². The Morgan fingerprint density at radius 1 is 0.667 bits per heavy atom. The molecule has 0 spiro atoms. The lowest BCUT2D eigenvalue weighted by atomic mass is 9.78. The van der Waals surface area contributed by atoms with E-state index in [1.807, 2.05) is 12.1 Å². The molecule has 2 fully saturated rings. The van der Waals surface area contributed by atoms with Crippen LogP contribution in [0.15, 0.2) is 60.7 Å². The van der Waals surface area contributed by atoms with E-state index in [1.54, 1.807) is 90.1 Å². The summed E-state index contributed by atoms with van der Waals surface area (Å²) in [4.78, 5) is 29.5. The minimum atomic E-state index is -2.11. The van der Waals surface area contributed by atoms with E-state index < -0.39 is 40.8 Å². The molecule has 0 radical (unpaired) electrons. The van der Waals surface area contributed by atoms with Gasteiger partial charge in [0.05, 0.1) is 32.1 Å². The monoisotopic (exact) mass is 791 g/mol. The highest BCUT2D eigenvalue weighted by Gasteiger charge is 2.44. The van der Waals surface area contributed by atoms with Gasteiger partial charge in [0, 0.05) is 58.1 Å². The first-order valence-electron chi connectivity index (χ1n) is 19.3. The van der Waals surface area contributed by atoms with Crippen molar-refractivity contribution >= 4 is 17.5 Å². The lowest BCUT2D eigenvalue weighted by Gasteiger charge is -2.38. The van der Waals surface area contributed by atoms with Gasteiger partial charge >= 0.3 is 0 Å². The molecule has 2 aliphatic rings. The first-order chi connectivity index (χ1) is 26.6. The second kappa shape index (κ2) is 17.1. The molecule has 0 aromatic heterocycles. The summed E-state index contributed by atoms with van der Waals surface area (Å²) in [7, 11) is 3.02. The third-order valence-corrected chi connectivity index (χ3v) is 9.71. The molecule has 0 atom stereocenters. The van der Waals surface area contributed by atoms with Gasteiger partial charge in [0.15, 0.2) is 26.2 Å². The predicted octanol–water partition coefficient (Wildman–Crippen LogP) is 8.03. The van der Waals surface area contributed by atoms with Crippen molar-refractivity contribution in [3.63, 3.8) is 0 Å². The van der Waals surface area contributed by atoms with E-state index in [-0.39, 0.29) is 52.7 Å². The van der Waals surface area contributed by atoms with Crippen molar-refractivity contribution in [3.05, 3.63) is 88.5 Å². The zero-order chi connectivity index (χ0) is 42.0. The lowest BCUT2D eigenvalue weighted by Crippen LogP contribution is -2.48. The standard InChI is InChI=1S/C45H61NO11/c1-41(2,3)39(47)46(40(48)42(4,5)6)32-15-13-14-31(22-32)45(49,33-20-29(16-18-35(33)56-27-50-11)37-52-23-43(7,8)24-53-37)34-21-30(17-19-36(34)57-28-51-12)38-54-25-44(9,10)26-55-38/h13-22,37-38,49H,23-28H2,1-12H3. The maximum atomic E-state index is 14.1. The van der Waals surface area contributed by atoms with E-state index in [0.29, 0.717) is 43.1 Å². The van der Waals surface area contributed by atoms with Gasteiger partial charge in [-0.3, -0.25) is 9.59 Å². The van der Waals surface area contributed by atoms with E-state index >= 15 is 0 Å². The van der Waals surface area contributed by atoms with E-state index in [9.17, 15) is 14.7 Å². The zero-order valence-corrected chi connectivity index (χ0v) is 35.6. The number of methoxy groups -OCH3 is 2. The third-order valence-electron chi connectivity index (χ3n) is 9.71. The molecule has 12 nitrogen and oxygen atoms in total. The van der Waals surface area contributed by atoms with E-state index in [4.69, 9.17) is 37.9 Å². The normalized spacial score (nSPS) is 17.9. The van der Waals surface area contributed by atoms with Gasteiger partial charge < -0.3 is 43.0 Å². The van der Waals surface area contributed by atoms with Gasteiger partial charge in [-0.15, -0.1) is 0 Å². The fourth-order valence-electron chi connectivity index (χ4n) is 6.54. The highest BCUT2D eigenvalue weighted by atomic mass is 16.7. The van der Waals surface area contributed by atoms with Crippen LogP contribution in [0, 0.1) is 21.7 Å². The van der Waals surface area contributed by atoms with Crippen molar-refractivity contribution < 1.29 is 52.6 Å². The van der Waals surface area contributed by atoms with Crippen LogP contribution in [0.1, 0.15) is 110 Å². The van der Waals surface area contributed by atoms with Crippen molar-refractivity contribution in [2.24, 2.45) is 21.7 Å². The molecule has 0 bridgehead atoms. The molecule has 1 N–H and O–H groups in total. The van der Waals surface area contributed by atoms with Crippen LogP contribution in [0.25, 0.3) is 0 Å². The van der Waals surface area contributed by atoms with E-state index in [2.05, 4.69) is 27.7 Å². The van der Waals surface area contributed by atoms with Gasteiger partial charge in [-0.2, -0.15) is 0 Å². The molecule has 0 aliphatic carbocycles. The second-order valence-corrected chi connectivity index (χ2v) is 18.6. The van der Waals surface area contributed by atoms with Crippen LogP contribution in [0.2, 0.25) is 0 Å². The van der Waals surface area contributed by atoms with Crippen LogP contribution >= 0.6 is 0 Å². The first kappa shape index (κ1) is 44.2. The summed E-state index contributed by atoms with van der Waals surface area (Å²) in [5.74, 6) is -0.227. The highest BCUT2D eigenvalue weighted by molar-refractivity contribution is 6.17. The molecule has 312 valence electrons. The summed E-state index contributed by atoms with van der Waals surface area (Å²) in [6.07, 6.45) is -1.48. The topological polar surface area (TPSA) is 131 Å². The smallest absolute Gasteiger partial charge is 0.239 e. The van der Waals surface area contributed by atoms with Gasteiger partial charge in [-0.1, -0.05) is 93.5 Å². The van der Waals surface area contributed by atoms with Crippen molar-refractivity contribution in [3.8, 4) is 11.5 Å². The number of imide groups is 1. The molecular weight excluding hydrogens is 730 g/mol. The van der Waals surface area contributed by atoms with Crippen molar-refractivity contribution in [1.29, 1.82) is 0 Å². The first-order valence-corrected chi connectivity index (χ1v) is 19.3. The summed E-state index contributed by atoms with van der Waals surface area (Å²) in [5.41, 5.74) is -1.91. The van der Waals surface area contributed by atoms with Gasteiger partial charge in [0.2, 0.25) is 11.8 Å². The molecule has 2 aliphatic heterocycles. The average molecular weight is 792 g/mol. The minimum absolute atomic E-state index is 0.131. The molecular formula is C45H61NO11. The largest absolute Gasteiger partial charge is 0.467 e. The maximum absolute atomic E-state index is 14.1. The van der Waals surface area contributed by atoms with Crippen molar-refractivity contribution in [1.82, 2.24) is 0 Å². The number of aliphatic hydroxyl groups is 1.